The minimum Gasteiger partial charge on any atom is -0.378 e. The predicted octanol–water partition coefficient (Wildman–Crippen LogP) is 4.87. The van der Waals surface area contributed by atoms with E-state index < -0.39 is 0 Å². The lowest BCUT2D eigenvalue weighted by Crippen LogP contribution is -2.36. The van der Waals surface area contributed by atoms with Crippen LogP contribution in [0.4, 0.5) is 16.3 Å². The molecule has 2 amide bonds. The third-order valence-electron chi connectivity index (χ3n) is 7.47. The quantitative estimate of drug-likeness (QED) is 0.555. The van der Waals surface area contributed by atoms with E-state index in [2.05, 4.69) is 59.5 Å². The second kappa shape index (κ2) is 10.3. The highest BCUT2D eigenvalue weighted by atomic mass is 16.5. The van der Waals surface area contributed by atoms with Crippen LogP contribution < -0.4 is 10.2 Å². The van der Waals surface area contributed by atoms with Crippen LogP contribution in [0.15, 0.2) is 36.4 Å². The van der Waals surface area contributed by atoms with Gasteiger partial charge in [-0.25, -0.2) is 9.78 Å². The number of carbonyl (C=O) groups excluding carboxylic acids is 1. The number of hydrogen-bond acceptors (Lipinski definition) is 5. The fourth-order valence-electron chi connectivity index (χ4n) is 5.01. The van der Waals surface area contributed by atoms with Crippen molar-refractivity contribution in [1.82, 2.24) is 19.7 Å². The Morgan fingerprint density at radius 1 is 1.08 bits per heavy atom. The van der Waals surface area contributed by atoms with Crippen LogP contribution >= 0.6 is 0 Å². The molecule has 1 N–H and O–H groups in total. The third-order valence-corrected chi connectivity index (χ3v) is 7.47. The number of amides is 2. The predicted molar refractivity (Wildman–Crippen MR) is 143 cm³/mol. The molecule has 5 rings (SSSR count). The first-order valence-electron chi connectivity index (χ1n) is 12.9. The molecular formula is C28H36N6O2. The number of anilines is 2. The fraction of sp³-hybridized carbons (Fsp3) is 0.464. The van der Waals surface area contributed by atoms with Crippen molar-refractivity contribution in [2.24, 2.45) is 13.0 Å². The van der Waals surface area contributed by atoms with Crippen molar-refractivity contribution in [1.29, 1.82) is 0 Å². The molecule has 0 saturated carbocycles. The Hall–Kier alpha value is -3.39. The number of benzene rings is 1. The van der Waals surface area contributed by atoms with E-state index in [-0.39, 0.29) is 6.03 Å². The minimum absolute atomic E-state index is 0.0193. The lowest BCUT2D eigenvalue weighted by Gasteiger charge is -2.28. The van der Waals surface area contributed by atoms with Crippen LogP contribution in [0.5, 0.6) is 0 Å². The maximum Gasteiger partial charge on any atom is 0.321 e. The molecule has 4 heterocycles. The summed E-state index contributed by atoms with van der Waals surface area (Å²) >= 11 is 0. The Balaban J connectivity index is 1.49. The molecular weight excluding hydrogens is 452 g/mol. The number of nitrogens with zero attached hydrogens (tertiary/aromatic N) is 5. The van der Waals surface area contributed by atoms with Gasteiger partial charge in [-0.15, -0.1) is 0 Å². The molecule has 2 aliphatic heterocycles. The van der Waals surface area contributed by atoms with Crippen LogP contribution in [0.3, 0.4) is 0 Å². The molecule has 1 aromatic carbocycles. The summed E-state index contributed by atoms with van der Waals surface area (Å²) in [7, 11) is 1.95. The van der Waals surface area contributed by atoms with Crippen LogP contribution in [0.2, 0.25) is 0 Å². The van der Waals surface area contributed by atoms with Crippen LogP contribution in [-0.2, 0) is 11.8 Å². The van der Waals surface area contributed by atoms with Crippen LogP contribution in [0.1, 0.15) is 31.0 Å². The van der Waals surface area contributed by atoms with Crippen LogP contribution in [-0.4, -0.2) is 65.1 Å². The number of nitrogens with one attached hydrogen (secondary N) is 1. The maximum absolute atomic E-state index is 12.9. The van der Waals surface area contributed by atoms with Gasteiger partial charge in [0, 0.05) is 44.6 Å². The van der Waals surface area contributed by atoms with Gasteiger partial charge < -0.3 is 19.9 Å². The van der Waals surface area contributed by atoms with Crippen molar-refractivity contribution in [2.45, 2.75) is 33.6 Å². The molecule has 0 bridgehead atoms. The minimum atomic E-state index is -0.0193. The van der Waals surface area contributed by atoms with E-state index in [0.29, 0.717) is 19.1 Å². The van der Waals surface area contributed by atoms with Gasteiger partial charge in [-0.05, 0) is 73.2 Å². The Bertz CT molecular complexity index is 1230. The summed E-state index contributed by atoms with van der Waals surface area (Å²) < 4.78 is 7.44. The van der Waals surface area contributed by atoms with E-state index in [9.17, 15) is 4.79 Å². The molecule has 2 aliphatic rings. The molecule has 0 aliphatic carbocycles. The van der Waals surface area contributed by atoms with Crippen molar-refractivity contribution in [3.63, 3.8) is 0 Å². The summed E-state index contributed by atoms with van der Waals surface area (Å²) in [5.41, 5.74) is 6.86. The summed E-state index contributed by atoms with van der Waals surface area (Å²) in [6.45, 7) is 11.0. The van der Waals surface area contributed by atoms with E-state index >= 15 is 0 Å². The van der Waals surface area contributed by atoms with Gasteiger partial charge in [0.2, 0.25) is 0 Å². The van der Waals surface area contributed by atoms with Crippen molar-refractivity contribution < 1.29 is 9.53 Å². The average molecular weight is 489 g/mol. The van der Waals surface area contributed by atoms with Crippen molar-refractivity contribution in [3.05, 3.63) is 47.7 Å². The Labute approximate surface area is 213 Å². The van der Waals surface area contributed by atoms with Gasteiger partial charge >= 0.3 is 6.03 Å². The highest BCUT2D eigenvalue weighted by Gasteiger charge is 2.25. The first kappa shape index (κ1) is 24.3. The number of urea groups is 1. The fourth-order valence-corrected chi connectivity index (χ4v) is 5.01. The summed E-state index contributed by atoms with van der Waals surface area (Å²) in [4.78, 5) is 22.1. The number of rotatable bonds is 5. The molecule has 0 radical (unpaired) electrons. The van der Waals surface area contributed by atoms with E-state index in [1.165, 1.54) is 0 Å². The van der Waals surface area contributed by atoms with Gasteiger partial charge in [-0.2, -0.15) is 5.10 Å². The van der Waals surface area contributed by atoms with E-state index in [4.69, 9.17) is 9.72 Å². The van der Waals surface area contributed by atoms with Crippen molar-refractivity contribution in [2.75, 3.05) is 49.6 Å². The maximum atomic E-state index is 12.9. The van der Waals surface area contributed by atoms with E-state index in [0.717, 1.165) is 84.3 Å². The largest absolute Gasteiger partial charge is 0.378 e. The number of pyridine rings is 1. The Morgan fingerprint density at radius 3 is 2.58 bits per heavy atom. The van der Waals surface area contributed by atoms with Gasteiger partial charge in [-0.3, -0.25) is 4.68 Å². The lowest BCUT2D eigenvalue weighted by molar-refractivity contribution is 0.122. The lowest BCUT2D eigenvalue weighted by atomic mass is 9.99. The molecule has 8 nitrogen and oxygen atoms in total. The van der Waals surface area contributed by atoms with E-state index in [1.54, 1.807) is 0 Å². The zero-order valence-corrected chi connectivity index (χ0v) is 21.8. The number of hydrogen-bond donors (Lipinski definition) is 1. The first-order valence-corrected chi connectivity index (χ1v) is 12.9. The molecule has 8 heteroatoms. The van der Waals surface area contributed by atoms with Gasteiger partial charge in [0.1, 0.15) is 11.5 Å². The molecule has 2 fully saturated rings. The number of morpholine rings is 1. The van der Waals surface area contributed by atoms with Gasteiger partial charge in [0.05, 0.1) is 18.9 Å². The first-order chi connectivity index (χ1) is 17.4. The number of ether oxygens (including phenoxy) is 1. The molecule has 36 heavy (non-hydrogen) atoms. The standard InChI is InChI=1S/C28H36N6O2/c1-5-21-8-9-34(18-21)28(35)29-23-7-6-19(2)24(17-23)22-15-25(26-14-20(3)32(4)31-26)30-27(16-22)33-10-12-36-13-11-33/h6-7,14-17,21H,5,8-13,18H2,1-4H3,(H,29,35)/t21-/m1/s1. The smallest absolute Gasteiger partial charge is 0.321 e. The summed E-state index contributed by atoms with van der Waals surface area (Å²) in [5.74, 6) is 1.53. The van der Waals surface area contributed by atoms with E-state index in [1.807, 2.05) is 29.6 Å². The SMILES string of the molecule is CC[C@@H]1CCN(C(=O)Nc2ccc(C)c(-c3cc(-c4cc(C)n(C)n4)nc(N4CCOCC4)c3)c2)C1. The Morgan fingerprint density at radius 2 is 1.89 bits per heavy atom. The molecule has 1 atom stereocenters. The number of likely N-dealkylation sites (tertiary alicyclic amines) is 1. The van der Waals surface area contributed by atoms with Gasteiger partial charge in [0.15, 0.2) is 0 Å². The third kappa shape index (κ3) is 5.09. The molecule has 2 saturated heterocycles. The van der Waals surface area contributed by atoms with Crippen LogP contribution in [0, 0.1) is 19.8 Å². The zero-order valence-electron chi connectivity index (χ0n) is 21.8. The van der Waals surface area contributed by atoms with Gasteiger partial charge in [-0.1, -0.05) is 19.4 Å². The Kier molecular flexibility index (Phi) is 6.96. The van der Waals surface area contributed by atoms with Gasteiger partial charge in [0.25, 0.3) is 0 Å². The molecule has 0 spiro atoms. The topological polar surface area (TPSA) is 75.5 Å². The number of aryl methyl sites for hydroxylation is 3. The second-order valence-electron chi connectivity index (χ2n) is 9.96. The summed E-state index contributed by atoms with van der Waals surface area (Å²) in [6.07, 6.45) is 2.20. The molecule has 190 valence electrons. The van der Waals surface area contributed by atoms with Crippen LogP contribution in [0.25, 0.3) is 22.5 Å². The second-order valence-corrected chi connectivity index (χ2v) is 9.96. The molecule has 3 aromatic rings. The van der Waals surface area contributed by atoms with Crippen molar-refractivity contribution >= 4 is 17.5 Å². The molecule has 0 unspecified atom stereocenters. The highest BCUT2D eigenvalue weighted by Crippen LogP contribution is 2.33. The molecule has 2 aromatic heterocycles. The number of aromatic nitrogens is 3. The number of carbonyl (C=O) groups is 1. The van der Waals surface area contributed by atoms with Crippen molar-refractivity contribution in [3.8, 4) is 22.5 Å². The monoisotopic (exact) mass is 488 g/mol. The normalized spacial score (nSPS) is 18.1. The average Bonchev–Trinajstić information content (AvgIpc) is 3.52. The highest BCUT2D eigenvalue weighted by molar-refractivity contribution is 5.91. The summed E-state index contributed by atoms with van der Waals surface area (Å²) in [5, 5.41) is 7.82. The zero-order chi connectivity index (χ0) is 25.2. The summed E-state index contributed by atoms with van der Waals surface area (Å²) in [6, 6.07) is 12.4.